The van der Waals surface area contributed by atoms with E-state index in [0.717, 1.165) is 25.7 Å². The predicted octanol–water partition coefficient (Wildman–Crippen LogP) is 3.41. The maximum absolute atomic E-state index is 14.1. The molecule has 3 rings (SSSR count). The molecule has 1 saturated heterocycles. The fourth-order valence-electron chi connectivity index (χ4n) is 3.66. The highest BCUT2D eigenvalue weighted by Crippen LogP contribution is 2.40. The van der Waals surface area contributed by atoms with Crippen LogP contribution >= 0.6 is 0 Å². The number of halogens is 1. The molecule has 18 heavy (non-hydrogen) atoms. The summed E-state index contributed by atoms with van der Waals surface area (Å²) in [7, 11) is 0. The first-order valence-corrected chi connectivity index (χ1v) is 6.81. The van der Waals surface area contributed by atoms with Crippen molar-refractivity contribution in [1.82, 2.24) is 0 Å². The molecule has 0 radical (unpaired) electrons. The van der Waals surface area contributed by atoms with E-state index in [1.54, 1.807) is 12.1 Å². The number of rotatable bonds is 2. The third-order valence-electron chi connectivity index (χ3n) is 4.43. The summed E-state index contributed by atoms with van der Waals surface area (Å²) in [5.74, 6) is 0.435. The van der Waals surface area contributed by atoms with Crippen LogP contribution in [0.5, 0.6) is 0 Å². The largest absolute Gasteiger partial charge is 0.365 e. The molecule has 1 heterocycles. The van der Waals surface area contributed by atoms with Crippen molar-refractivity contribution in [3.63, 3.8) is 0 Å². The Labute approximate surface area is 107 Å². The van der Waals surface area contributed by atoms with Crippen molar-refractivity contribution in [3.8, 4) is 0 Å². The van der Waals surface area contributed by atoms with Gasteiger partial charge in [-0.05, 0) is 43.7 Å². The SMILES string of the molecule is O=Cc1cccc(F)c1N1CCCC2CCCC21. The molecule has 0 bridgehead atoms. The van der Waals surface area contributed by atoms with E-state index in [1.807, 2.05) is 0 Å². The molecule has 2 atom stereocenters. The molecule has 1 aromatic rings. The number of nitrogens with zero attached hydrogens (tertiary/aromatic N) is 1. The highest BCUT2D eigenvalue weighted by Gasteiger charge is 2.36. The van der Waals surface area contributed by atoms with Gasteiger partial charge in [-0.2, -0.15) is 0 Å². The van der Waals surface area contributed by atoms with Gasteiger partial charge in [-0.1, -0.05) is 12.5 Å². The number of anilines is 1. The molecule has 2 aliphatic rings. The van der Waals surface area contributed by atoms with Crippen molar-refractivity contribution in [3.05, 3.63) is 29.6 Å². The first kappa shape index (κ1) is 11.7. The van der Waals surface area contributed by atoms with Gasteiger partial charge in [0.1, 0.15) is 5.82 Å². The number of para-hydroxylation sites is 1. The second-order valence-corrected chi connectivity index (χ2v) is 5.39. The molecule has 3 heteroatoms. The van der Waals surface area contributed by atoms with Gasteiger partial charge in [0.05, 0.1) is 5.69 Å². The summed E-state index contributed by atoms with van der Waals surface area (Å²) in [4.78, 5) is 13.3. The van der Waals surface area contributed by atoms with Crippen LogP contribution in [0.4, 0.5) is 10.1 Å². The highest BCUT2D eigenvalue weighted by atomic mass is 19.1. The van der Waals surface area contributed by atoms with Gasteiger partial charge in [-0.3, -0.25) is 4.79 Å². The Balaban J connectivity index is 2.00. The minimum Gasteiger partial charge on any atom is -0.365 e. The Morgan fingerprint density at radius 1 is 1.22 bits per heavy atom. The van der Waals surface area contributed by atoms with Crippen LogP contribution in [0.3, 0.4) is 0 Å². The van der Waals surface area contributed by atoms with E-state index in [2.05, 4.69) is 4.90 Å². The van der Waals surface area contributed by atoms with Crippen molar-refractivity contribution in [2.24, 2.45) is 5.92 Å². The van der Waals surface area contributed by atoms with Crippen molar-refractivity contribution < 1.29 is 9.18 Å². The van der Waals surface area contributed by atoms with Crippen LogP contribution in [-0.4, -0.2) is 18.9 Å². The number of carbonyl (C=O) groups excluding carboxylic acids is 1. The molecule has 0 N–H and O–H groups in total. The fourth-order valence-corrected chi connectivity index (χ4v) is 3.66. The summed E-state index contributed by atoms with van der Waals surface area (Å²) in [5, 5.41) is 0. The lowest BCUT2D eigenvalue weighted by Crippen LogP contribution is -2.43. The van der Waals surface area contributed by atoms with Gasteiger partial charge in [0.2, 0.25) is 0 Å². The van der Waals surface area contributed by atoms with Crippen LogP contribution in [0.25, 0.3) is 0 Å². The molecule has 1 saturated carbocycles. The van der Waals surface area contributed by atoms with Gasteiger partial charge in [-0.25, -0.2) is 4.39 Å². The molecular formula is C15H18FNO. The third kappa shape index (κ3) is 1.82. The summed E-state index contributed by atoms with van der Waals surface area (Å²) in [6.07, 6.45) is 6.76. The number of carbonyl (C=O) groups is 1. The minimum atomic E-state index is -0.257. The zero-order valence-corrected chi connectivity index (χ0v) is 10.4. The minimum absolute atomic E-state index is 0.257. The lowest BCUT2D eigenvalue weighted by molar-refractivity contribution is 0.112. The standard InChI is InChI=1S/C15H18FNO/c16-13-7-1-5-12(10-18)15(13)17-9-3-6-11-4-2-8-14(11)17/h1,5,7,10-11,14H,2-4,6,8-9H2. The lowest BCUT2D eigenvalue weighted by Gasteiger charge is -2.40. The molecule has 2 unspecified atom stereocenters. The molecule has 1 aliphatic carbocycles. The Morgan fingerprint density at radius 2 is 2.06 bits per heavy atom. The van der Waals surface area contributed by atoms with E-state index >= 15 is 0 Å². The number of hydrogen-bond acceptors (Lipinski definition) is 2. The van der Waals surface area contributed by atoms with E-state index in [0.29, 0.717) is 23.2 Å². The van der Waals surface area contributed by atoms with Gasteiger partial charge in [0.15, 0.2) is 6.29 Å². The van der Waals surface area contributed by atoms with E-state index in [9.17, 15) is 9.18 Å². The topological polar surface area (TPSA) is 20.3 Å². The van der Waals surface area contributed by atoms with Crippen LogP contribution < -0.4 is 4.90 Å². The number of benzene rings is 1. The number of hydrogen-bond donors (Lipinski definition) is 0. The summed E-state index contributed by atoms with van der Waals surface area (Å²) in [6, 6.07) is 5.22. The fraction of sp³-hybridized carbons (Fsp3) is 0.533. The quantitative estimate of drug-likeness (QED) is 0.746. The van der Waals surface area contributed by atoms with E-state index < -0.39 is 0 Å². The first-order valence-electron chi connectivity index (χ1n) is 6.81. The zero-order chi connectivity index (χ0) is 12.5. The molecule has 0 aromatic heterocycles. The Bertz CT molecular complexity index is 460. The zero-order valence-electron chi connectivity index (χ0n) is 10.4. The second kappa shape index (κ2) is 4.71. The van der Waals surface area contributed by atoms with Crippen molar-refractivity contribution in [2.75, 3.05) is 11.4 Å². The number of piperidine rings is 1. The Kier molecular flexibility index (Phi) is 3.06. The van der Waals surface area contributed by atoms with Gasteiger partial charge in [0.25, 0.3) is 0 Å². The van der Waals surface area contributed by atoms with Crippen LogP contribution in [0.15, 0.2) is 18.2 Å². The van der Waals surface area contributed by atoms with E-state index in [4.69, 9.17) is 0 Å². The summed E-state index contributed by atoms with van der Waals surface area (Å²) in [5.41, 5.74) is 1.02. The Hall–Kier alpha value is -1.38. The molecule has 0 amide bonds. The van der Waals surface area contributed by atoms with Crippen LogP contribution in [0, 0.1) is 11.7 Å². The van der Waals surface area contributed by atoms with Gasteiger partial charge in [0, 0.05) is 18.2 Å². The lowest BCUT2D eigenvalue weighted by atomic mass is 9.91. The van der Waals surface area contributed by atoms with Crippen LogP contribution in [-0.2, 0) is 0 Å². The normalized spacial score (nSPS) is 27.1. The van der Waals surface area contributed by atoms with Gasteiger partial charge >= 0.3 is 0 Å². The molecule has 1 aromatic carbocycles. The third-order valence-corrected chi connectivity index (χ3v) is 4.43. The molecule has 2 nitrogen and oxygen atoms in total. The molecule has 2 fully saturated rings. The molecular weight excluding hydrogens is 229 g/mol. The maximum Gasteiger partial charge on any atom is 0.152 e. The van der Waals surface area contributed by atoms with E-state index in [-0.39, 0.29) is 5.82 Å². The average Bonchev–Trinajstić information content (AvgIpc) is 2.86. The molecule has 96 valence electrons. The predicted molar refractivity (Wildman–Crippen MR) is 69.5 cm³/mol. The second-order valence-electron chi connectivity index (χ2n) is 5.39. The van der Waals surface area contributed by atoms with Crippen LogP contribution in [0.1, 0.15) is 42.5 Å². The number of aldehydes is 1. The van der Waals surface area contributed by atoms with Crippen molar-refractivity contribution >= 4 is 12.0 Å². The summed E-state index contributed by atoms with van der Waals surface area (Å²) in [6.45, 7) is 0.878. The first-order chi connectivity index (χ1) is 8.81. The highest BCUT2D eigenvalue weighted by molar-refractivity contribution is 5.85. The summed E-state index contributed by atoms with van der Waals surface area (Å²) < 4.78 is 14.1. The van der Waals surface area contributed by atoms with Crippen LogP contribution in [0.2, 0.25) is 0 Å². The maximum atomic E-state index is 14.1. The summed E-state index contributed by atoms with van der Waals surface area (Å²) >= 11 is 0. The van der Waals surface area contributed by atoms with Gasteiger partial charge in [-0.15, -0.1) is 0 Å². The molecule has 1 aliphatic heterocycles. The Morgan fingerprint density at radius 3 is 2.89 bits per heavy atom. The van der Waals surface area contributed by atoms with Crippen molar-refractivity contribution in [1.29, 1.82) is 0 Å². The smallest absolute Gasteiger partial charge is 0.152 e. The number of fused-ring (bicyclic) bond motifs is 1. The average molecular weight is 247 g/mol. The van der Waals surface area contributed by atoms with E-state index in [1.165, 1.54) is 25.3 Å². The molecule has 0 spiro atoms. The van der Waals surface area contributed by atoms with Crippen molar-refractivity contribution in [2.45, 2.75) is 38.1 Å². The monoisotopic (exact) mass is 247 g/mol. The van der Waals surface area contributed by atoms with Gasteiger partial charge < -0.3 is 4.90 Å².